The molecule has 2 aromatic heterocycles. The van der Waals surface area contributed by atoms with Gasteiger partial charge in [-0.15, -0.1) is 0 Å². The van der Waals surface area contributed by atoms with Crippen LogP contribution in [0.2, 0.25) is 0 Å². The van der Waals surface area contributed by atoms with Crippen molar-refractivity contribution in [2.75, 3.05) is 12.4 Å². The number of nitriles is 1. The summed E-state index contributed by atoms with van der Waals surface area (Å²) in [6, 6.07) is 7.71. The molecule has 4 heteroatoms. The maximum atomic E-state index is 8.79. The van der Waals surface area contributed by atoms with Crippen LogP contribution in [0.4, 0.5) is 5.95 Å². The number of aromatic nitrogens is 2. The standard InChI is InChI=1S/C9H8N4/c1-11-9-12-7(6-10)8-4-2-3-5-13(8)9/h2-5H,1H3,(H,11,12). The number of hydrogen-bond donors (Lipinski definition) is 1. The smallest absolute Gasteiger partial charge is 0.208 e. The molecule has 0 aromatic carbocycles. The number of fused-ring (bicyclic) bond motifs is 1. The summed E-state index contributed by atoms with van der Waals surface area (Å²) in [7, 11) is 1.78. The molecule has 0 atom stereocenters. The summed E-state index contributed by atoms with van der Waals surface area (Å²) < 4.78 is 1.85. The lowest BCUT2D eigenvalue weighted by molar-refractivity contribution is 1.14. The molecule has 2 aromatic rings. The summed E-state index contributed by atoms with van der Waals surface area (Å²) >= 11 is 0. The molecule has 0 amide bonds. The molecule has 0 fully saturated rings. The van der Waals surface area contributed by atoms with E-state index in [4.69, 9.17) is 5.26 Å². The van der Waals surface area contributed by atoms with Gasteiger partial charge in [0.2, 0.25) is 5.95 Å². The number of imidazole rings is 1. The highest BCUT2D eigenvalue weighted by atomic mass is 15.2. The highest BCUT2D eigenvalue weighted by Gasteiger charge is 2.07. The van der Waals surface area contributed by atoms with Crippen LogP contribution >= 0.6 is 0 Å². The van der Waals surface area contributed by atoms with Crippen molar-refractivity contribution in [3.05, 3.63) is 30.1 Å². The number of pyridine rings is 1. The molecule has 0 aliphatic heterocycles. The Morgan fingerprint density at radius 3 is 3.08 bits per heavy atom. The topological polar surface area (TPSA) is 53.1 Å². The minimum atomic E-state index is 0.449. The van der Waals surface area contributed by atoms with Crippen molar-refractivity contribution in [3.63, 3.8) is 0 Å². The van der Waals surface area contributed by atoms with Gasteiger partial charge in [0, 0.05) is 13.2 Å². The number of nitrogens with one attached hydrogen (secondary N) is 1. The van der Waals surface area contributed by atoms with Gasteiger partial charge < -0.3 is 5.32 Å². The van der Waals surface area contributed by atoms with Crippen molar-refractivity contribution < 1.29 is 0 Å². The van der Waals surface area contributed by atoms with Crippen LogP contribution in [0.15, 0.2) is 24.4 Å². The lowest BCUT2D eigenvalue weighted by atomic mass is 10.3. The summed E-state index contributed by atoms with van der Waals surface area (Å²) in [6.45, 7) is 0. The first-order chi connectivity index (χ1) is 6.36. The molecule has 13 heavy (non-hydrogen) atoms. The van der Waals surface area contributed by atoms with E-state index in [1.54, 1.807) is 7.05 Å². The Morgan fingerprint density at radius 1 is 1.54 bits per heavy atom. The molecule has 0 aliphatic rings. The molecule has 0 spiro atoms. The minimum Gasteiger partial charge on any atom is -0.358 e. The van der Waals surface area contributed by atoms with Gasteiger partial charge in [0.15, 0.2) is 5.69 Å². The Kier molecular flexibility index (Phi) is 1.64. The fourth-order valence-electron chi connectivity index (χ4n) is 1.30. The van der Waals surface area contributed by atoms with Gasteiger partial charge in [0.25, 0.3) is 0 Å². The lowest BCUT2D eigenvalue weighted by Crippen LogP contribution is -1.94. The molecule has 0 saturated carbocycles. The third-order valence-corrected chi connectivity index (χ3v) is 1.88. The Balaban J connectivity index is 2.84. The van der Waals surface area contributed by atoms with Crippen LogP contribution in [0, 0.1) is 11.3 Å². The summed E-state index contributed by atoms with van der Waals surface area (Å²) in [5.41, 5.74) is 1.28. The molecule has 0 saturated heterocycles. The van der Waals surface area contributed by atoms with Crippen LogP contribution in [-0.2, 0) is 0 Å². The van der Waals surface area contributed by atoms with Crippen molar-refractivity contribution in [2.24, 2.45) is 0 Å². The Bertz CT molecular complexity index is 478. The van der Waals surface area contributed by atoms with Gasteiger partial charge in [0.1, 0.15) is 6.07 Å². The molecule has 0 bridgehead atoms. The zero-order valence-corrected chi connectivity index (χ0v) is 7.15. The number of nitrogens with zero attached hydrogens (tertiary/aromatic N) is 3. The van der Waals surface area contributed by atoms with E-state index in [-0.39, 0.29) is 0 Å². The second-order valence-corrected chi connectivity index (χ2v) is 2.60. The Hall–Kier alpha value is -2.02. The number of anilines is 1. The molecule has 2 heterocycles. The average molecular weight is 172 g/mol. The van der Waals surface area contributed by atoms with Crippen molar-refractivity contribution in [1.29, 1.82) is 5.26 Å². The zero-order chi connectivity index (χ0) is 9.26. The highest BCUT2D eigenvalue weighted by Crippen LogP contribution is 2.14. The lowest BCUT2D eigenvalue weighted by Gasteiger charge is -1.96. The van der Waals surface area contributed by atoms with Crippen molar-refractivity contribution in [1.82, 2.24) is 9.38 Å². The molecule has 0 radical (unpaired) electrons. The van der Waals surface area contributed by atoms with E-state index in [0.717, 1.165) is 5.52 Å². The summed E-state index contributed by atoms with van der Waals surface area (Å²) in [5.74, 6) is 0.687. The summed E-state index contributed by atoms with van der Waals surface area (Å²) in [5, 5.41) is 11.7. The van der Waals surface area contributed by atoms with Gasteiger partial charge in [0.05, 0.1) is 5.52 Å². The highest BCUT2D eigenvalue weighted by molar-refractivity contribution is 5.62. The van der Waals surface area contributed by atoms with Gasteiger partial charge in [-0.05, 0) is 12.1 Å². The maximum absolute atomic E-state index is 8.79. The van der Waals surface area contributed by atoms with E-state index < -0.39 is 0 Å². The zero-order valence-electron chi connectivity index (χ0n) is 7.15. The van der Waals surface area contributed by atoms with Gasteiger partial charge >= 0.3 is 0 Å². The first-order valence-corrected chi connectivity index (χ1v) is 3.91. The summed E-state index contributed by atoms with van der Waals surface area (Å²) in [4.78, 5) is 4.12. The van der Waals surface area contributed by atoms with E-state index in [2.05, 4.69) is 16.4 Å². The van der Waals surface area contributed by atoms with Gasteiger partial charge in [-0.2, -0.15) is 5.26 Å². The first-order valence-electron chi connectivity index (χ1n) is 3.91. The molecule has 1 N–H and O–H groups in total. The predicted octanol–water partition coefficient (Wildman–Crippen LogP) is 1.25. The molecular weight excluding hydrogens is 164 g/mol. The quantitative estimate of drug-likeness (QED) is 0.704. The van der Waals surface area contributed by atoms with Crippen LogP contribution in [-0.4, -0.2) is 16.4 Å². The van der Waals surface area contributed by atoms with E-state index >= 15 is 0 Å². The molecular formula is C9H8N4. The molecule has 0 aliphatic carbocycles. The second-order valence-electron chi connectivity index (χ2n) is 2.60. The molecule has 64 valence electrons. The molecule has 0 unspecified atom stereocenters. The molecule has 2 rings (SSSR count). The Labute approximate surface area is 75.4 Å². The van der Waals surface area contributed by atoms with Crippen molar-refractivity contribution in [2.45, 2.75) is 0 Å². The minimum absolute atomic E-state index is 0.449. The van der Waals surface area contributed by atoms with E-state index in [0.29, 0.717) is 11.6 Å². The maximum Gasteiger partial charge on any atom is 0.208 e. The van der Waals surface area contributed by atoms with E-state index in [9.17, 15) is 0 Å². The van der Waals surface area contributed by atoms with E-state index in [1.165, 1.54) is 0 Å². The van der Waals surface area contributed by atoms with Crippen LogP contribution in [0.1, 0.15) is 5.69 Å². The fraction of sp³-hybridized carbons (Fsp3) is 0.111. The third kappa shape index (κ3) is 1.02. The third-order valence-electron chi connectivity index (χ3n) is 1.88. The average Bonchev–Trinajstić information content (AvgIpc) is 2.56. The summed E-state index contributed by atoms with van der Waals surface area (Å²) in [6.07, 6.45) is 1.87. The van der Waals surface area contributed by atoms with Crippen LogP contribution in [0.3, 0.4) is 0 Å². The predicted molar refractivity (Wildman–Crippen MR) is 49.5 cm³/mol. The van der Waals surface area contributed by atoms with E-state index in [1.807, 2.05) is 28.8 Å². The van der Waals surface area contributed by atoms with Gasteiger partial charge in [-0.25, -0.2) is 4.98 Å². The largest absolute Gasteiger partial charge is 0.358 e. The van der Waals surface area contributed by atoms with Crippen LogP contribution in [0.25, 0.3) is 5.52 Å². The Morgan fingerprint density at radius 2 is 2.38 bits per heavy atom. The van der Waals surface area contributed by atoms with Gasteiger partial charge in [-0.3, -0.25) is 4.40 Å². The first kappa shape index (κ1) is 7.62. The van der Waals surface area contributed by atoms with Crippen molar-refractivity contribution >= 4 is 11.5 Å². The fourth-order valence-corrected chi connectivity index (χ4v) is 1.30. The SMILES string of the molecule is CNc1nc(C#N)c2ccccn12. The van der Waals surface area contributed by atoms with Crippen LogP contribution < -0.4 is 5.32 Å². The second kappa shape index (κ2) is 2.79. The monoisotopic (exact) mass is 172 g/mol. The van der Waals surface area contributed by atoms with Crippen molar-refractivity contribution in [3.8, 4) is 6.07 Å². The number of hydrogen-bond acceptors (Lipinski definition) is 3. The molecule has 4 nitrogen and oxygen atoms in total. The normalized spacial score (nSPS) is 9.85. The van der Waals surface area contributed by atoms with Crippen LogP contribution in [0.5, 0.6) is 0 Å². The number of rotatable bonds is 1. The van der Waals surface area contributed by atoms with Gasteiger partial charge in [-0.1, -0.05) is 6.07 Å².